The Labute approximate surface area is 208 Å². The molecule has 0 aliphatic carbocycles. The van der Waals surface area contributed by atoms with E-state index < -0.39 is 0 Å². The zero-order chi connectivity index (χ0) is 24.8. The second kappa shape index (κ2) is 8.39. The predicted octanol–water partition coefficient (Wildman–Crippen LogP) is 5.82. The number of hydrogen-bond acceptors (Lipinski definition) is 5. The molecule has 0 saturated carbocycles. The van der Waals surface area contributed by atoms with E-state index in [-0.39, 0.29) is 0 Å². The molecule has 6 aromatic rings. The van der Waals surface area contributed by atoms with Crippen LogP contribution in [0, 0.1) is 0 Å². The summed E-state index contributed by atoms with van der Waals surface area (Å²) in [5.41, 5.74) is 20.8. The van der Waals surface area contributed by atoms with Crippen LogP contribution in [0.3, 0.4) is 0 Å². The molecule has 36 heavy (non-hydrogen) atoms. The molecule has 3 aromatic heterocycles. The average molecular weight is 476 g/mol. The van der Waals surface area contributed by atoms with Gasteiger partial charge in [0.15, 0.2) is 0 Å². The van der Waals surface area contributed by atoms with Gasteiger partial charge in [-0.2, -0.15) is 0 Å². The molecule has 0 aliphatic rings. The number of anilines is 2. The van der Waals surface area contributed by atoms with Gasteiger partial charge in [0.05, 0.1) is 53.7 Å². The molecule has 0 atom stereocenters. The van der Waals surface area contributed by atoms with Gasteiger partial charge in [-0.25, -0.2) is 0 Å². The van der Waals surface area contributed by atoms with E-state index >= 15 is 0 Å². The maximum absolute atomic E-state index is 6.91. The number of para-hydroxylation sites is 1. The highest BCUT2D eigenvalue weighted by molar-refractivity contribution is 6.08. The first-order chi connectivity index (χ1) is 17.6. The summed E-state index contributed by atoms with van der Waals surface area (Å²) in [6.07, 6.45) is 1.75. The molecule has 3 heterocycles. The topological polar surface area (TPSA) is 93.2 Å². The Morgan fingerprint density at radius 3 is 1.89 bits per heavy atom. The number of nitrogen functional groups attached to an aromatic ring is 2. The zero-order valence-corrected chi connectivity index (χ0v) is 20.0. The smallest absolute Gasteiger partial charge is 0.120 e. The second-order valence-electron chi connectivity index (χ2n) is 8.49. The fourth-order valence-electron chi connectivity index (χ4n) is 4.91. The van der Waals surface area contributed by atoms with Crippen molar-refractivity contribution in [3.63, 3.8) is 0 Å². The molecule has 7 heteroatoms. The largest absolute Gasteiger partial charge is 0.497 e. The first-order valence-electron chi connectivity index (χ1n) is 11.6. The molecular weight excluding hydrogens is 450 g/mol. The SMILES string of the molecule is COc1cccc(-n2c(-c3c(N)c4ncccc4n3-c3cccc(OC)c3)c(N)c3ccccc32)c1. The molecule has 0 amide bonds. The Hall–Kier alpha value is -4.91. The van der Waals surface area contributed by atoms with Crippen molar-refractivity contribution in [2.45, 2.75) is 0 Å². The van der Waals surface area contributed by atoms with Crippen LogP contribution >= 0.6 is 0 Å². The lowest BCUT2D eigenvalue weighted by atomic mass is 10.2. The molecule has 0 aliphatic heterocycles. The van der Waals surface area contributed by atoms with Crippen molar-refractivity contribution in [2.75, 3.05) is 25.7 Å². The Morgan fingerprint density at radius 2 is 1.22 bits per heavy atom. The van der Waals surface area contributed by atoms with Gasteiger partial charge in [-0.1, -0.05) is 30.3 Å². The number of nitrogens with zero attached hydrogens (tertiary/aromatic N) is 3. The Kier molecular flexibility index (Phi) is 5.04. The van der Waals surface area contributed by atoms with Gasteiger partial charge in [-0.15, -0.1) is 0 Å². The zero-order valence-electron chi connectivity index (χ0n) is 20.0. The van der Waals surface area contributed by atoms with Gasteiger partial charge in [-0.05, 0) is 42.5 Å². The predicted molar refractivity (Wildman–Crippen MR) is 145 cm³/mol. The number of rotatable bonds is 5. The van der Waals surface area contributed by atoms with Crippen LogP contribution in [0.25, 0.3) is 44.7 Å². The minimum absolute atomic E-state index is 0.548. The normalized spacial score (nSPS) is 11.3. The van der Waals surface area contributed by atoms with Gasteiger partial charge in [-0.3, -0.25) is 4.98 Å². The van der Waals surface area contributed by atoms with E-state index in [0.29, 0.717) is 16.9 Å². The van der Waals surface area contributed by atoms with E-state index in [4.69, 9.17) is 20.9 Å². The van der Waals surface area contributed by atoms with Crippen molar-refractivity contribution in [1.82, 2.24) is 14.1 Å². The van der Waals surface area contributed by atoms with E-state index in [1.165, 1.54) is 0 Å². The number of hydrogen-bond donors (Lipinski definition) is 2. The molecule has 7 nitrogen and oxygen atoms in total. The van der Waals surface area contributed by atoms with Crippen LogP contribution in [-0.2, 0) is 0 Å². The first-order valence-corrected chi connectivity index (χ1v) is 11.6. The minimum Gasteiger partial charge on any atom is -0.497 e. The highest BCUT2D eigenvalue weighted by Crippen LogP contribution is 2.45. The Bertz CT molecular complexity index is 1620. The summed E-state index contributed by atoms with van der Waals surface area (Å²) in [5.74, 6) is 1.49. The molecule has 0 radical (unpaired) electrons. The van der Waals surface area contributed by atoms with E-state index in [9.17, 15) is 0 Å². The van der Waals surface area contributed by atoms with Gasteiger partial charge in [0.25, 0.3) is 0 Å². The molecule has 0 unspecified atom stereocenters. The van der Waals surface area contributed by atoms with E-state index in [0.717, 1.165) is 50.7 Å². The molecule has 178 valence electrons. The number of fused-ring (bicyclic) bond motifs is 2. The van der Waals surface area contributed by atoms with E-state index in [1.54, 1.807) is 20.4 Å². The van der Waals surface area contributed by atoms with Crippen molar-refractivity contribution >= 4 is 33.3 Å². The lowest BCUT2D eigenvalue weighted by molar-refractivity contribution is 0.414. The van der Waals surface area contributed by atoms with Crippen LogP contribution in [0.4, 0.5) is 11.4 Å². The van der Waals surface area contributed by atoms with Crippen molar-refractivity contribution in [3.05, 3.63) is 91.1 Å². The Morgan fingerprint density at radius 1 is 0.639 bits per heavy atom. The quantitative estimate of drug-likeness (QED) is 0.328. The van der Waals surface area contributed by atoms with Crippen LogP contribution in [0.15, 0.2) is 91.1 Å². The third-order valence-electron chi connectivity index (χ3n) is 6.52. The average Bonchev–Trinajstić information content (AvgIpc) is 3.39. The molecular formula is C29H25N5O2. The van der Waals surface area contributed by atoms with Crippen LogP contribution in [0.1, 0.15) is 0 Å². The summed E-state index contributed by atoms with van der Waals surface area (Å²) in [5, 5.41) is 0.935. The fourth-order valence-corrected chi connectivity index (χ4v) is 4.91. The summed E-state index contributed by atoms with van der Waals surface area (Å²) in [4.78, 5) is 4.62. The maximum Gasteiger partial charge on any atom is 0.120 e. The Balaban J connectivity index is 1.78. The van der Waals surface area contributed by atoms with Crippen molar-refractivity contribution in [2.24, 2.45) is 0 Å². The van der Waals surface area contributed by atoms with E-state index in [1.807, 2.05) is 78.9 Å². The van der Waals surface area contributed by atoms with Crippen LogP contribution < -0.4 is 20.9 Å². The highest BCUT2D eigenvalue weighted by Gasteiger charge is 2.26. The van der Waals surface area contributed by atoms with Crippen molar-refractivity contribution in [1.29, 1.82) is 0 Å². The monoisotopic (exact) mass is 475 g/mol. The van der Waals surface area contributed by atoms with Gasteiger partial charge in [0.1, 0.15) is 17.0 Å². The molecule has 3 aromatic carbocycles. The van der Waals surface area contributed by atoms with Gasteiger partial charge >= 0.3 is 0 Å². The molecule has 0 spiro atoms. The minimum atomic E-state index is 0.548. The molecule has 0 fully saturated rings. The van der Waals surface area contributed by atoms with Crippen LogP contribution in [0.5, 0.6) is 11.5 Å². The summed E-state index contributed by atoms with van der Waals surface area (Å²) in [7, 11) is 3.31. The fraction of sp³-hybridized carbons (Fsp3) is 0.0690. The highest BCUT2D eigenvalue weighted by atomic mass is 16.5. The number of ether oxygens (including phenoxy) is 2. The summed E-state index contributed by atoms with van der Waals surface area (Å²) in [6.45, 7) is 0. The summed E-state index contributed by atoms with van der Waals surface area (Å²) in [6, 6.07) is 27.8. The number of pyridine rings is 1. The molecule has 0 saturated heterocycles. The maximum atomic E-state index is 6.91. The molecule has 0 bridgehead atoms. The van der Waals surface area contributed by atoms with Crippen molar-refractivity contribution in [3.8, 4) is 34.3 Å². The number of methoxy groups -OCH3 is 2. The first kappa shape index (κ1) is 21.6. The van der Waals surface area contributed by atoms with Gasteiger partial charge in [0, 0.05) is 29.4 Å². The standard InChI is InChI=1S/C29H25N5O2/c1-35-20-10-5-8-18(16-20)33-23-13-4-3-12-22(23)25(30)28(33)29-26(31)27-24(14-7-15-32-27)34(29)19-9-6-11-21(17-19)36-2/h3-17H,30-31H2,1-2H3. The lowest BCUT2D eigenvalue weighted by Gasteiger charge is -2.17. The third kappa shape index (κ3) is 3.17. The summed E-state index contributed by atoms with van der Waals surface area (Å²) >= 11 is 0. The van der Waals surface area contributed by atoms with Crippen LogP contribution in [-0.4, -0.2) is 28.3 Å². The lowest BCUT2D eigenvalue weighted by Crippen LogP contribution is -2.05. The van der Waals surface area contributed by atoms with E-state index in [2.05, 4.69) is 20.2 Å². The van der Waals surface area contributed by atoms with Gasteiger partial charge < -0.3 is 30.1 Å². The number of aromatic nitrogens is 3. The van der Waals surface area contributed by atoms with Crippen molar-refractivity contribution < 1.29 is 9.47 Å². The molecule has 6 rings (SSSR count). The third-order valence-corrected chi connectivity index (χ3v) is 6.52. The molecule has 4 N–H and O–H groups in total. The second-order valence-corrected chi connectivity index (χ2v) is 8.49. The number of nitrogens with two attached hydrogens (primary N) is 2. The van der Waals surface area contributed by atoms with Crippen LogP contribution in [0.2, 0.25) is 0 Å². The van der Waals surface area contributed by atoms with Gasteiger partial charge in [0.2, 0.25) is 0 Å². The number of benzene rings is 3. The summed E-state index contributed by atoms with van der Waals surface area (Å²) < 4.78 is 15.3.